The number of methoxy groups -OCH3 is 6. The molecule has 1 fully saturated rings. The van der Waals surface area contributed by atoms with Crippen molar-refractivity contribution >= 4 is 17.9 Å². The second-order valence-corrected chi connectivity index (χ2v) is 9.42. The van der Waals surface area contributed by atoms with E-state index in [2.05, 4.69) is 0 Å². The zero-order chi connectivity index (χ0) is 32.4. The van der Waals surface area contributed by atoms with Crippen LogP contribution in [0.15, 0.2) is 24.3 Å². The number of nitrogens with zero attached hydrogens (tertiary/aromatic N) is 3. The van der Waals surface area contributed by atoms with Gasteiger partial charge in [0.2, 0.25) is 11.5 Å². The highest BCUT2D eigenvalue weighted by atomic mass is 16.6. The topological polar surface area (TPSA) is 126 Å². The van der Waals surface area contributed by atoms with Crippen LogP contribution in [-0.2, 0) is 4.74 Å². The summed E-state index contributed by atoms with van der Waals surface area (Å²) in [6.45, 7) is 4.90. The van der Waals surface area contributed by atoms with E-state index in [1.165, 1.54) is 52.6 Å². The molecule has 0 bridgehead atoms. The molecule has 1 aliphatic heterocycles. The van der Waals surface area contributed by atoms with E-state index in [4.69, 9.17) is 34.5 Å². The smallest absolute Gasteiger partial charge is 0.409 e. The maximum Gasteiger partial charge on any atom is 0.409 e. The van der Waals surface area contributed by atoms with Crippen LogP contribution in [0.4, 0.5) is 4.79 Å². The van der Waals surface area contributed by atoms with Gasteiger partial charge in [0.1, 0.15) is 6.61 Å². The van der Waals surface area contributed by atoms with Gasteiger partial charge in [-0.3, -0.25) is 9.59 Å². The van der Waals surface area contributed by atoms with Crippen LogP contribution in [0.1, 0.15) is 35.9 Å². The average Bonchev–Trinajstić information content (AvgIpc) is 3.06. The van der Waals surface area contributed by atoms with E-state index in [9.17, 15) is 14.4 Å². The molecule has 0 N–H and O–H groups in total. The standard InChI is InChI=1S/C30H41N3O10/c1-9-31(10-2)30(36)43-18-21-17-32(28(34)19-13-22(37-3)26(41-7)23(14-19)38-4)11-12-33(21)29(35)20-15-24(39-5)27(42-8)25(16-20)40-6/h13-16,21H,9-12,17-18H2,1-8H3/i7T. The molecular formula is C30H41N3O10. The third kappa shape index (κ3) is 7.09. The summed E-state index contributed by atoms with van der Waals surface area (Å²) in [5.41, 5.74) is 0.540. The van der Waals surface area contributed by atoms with Gasteiger partial charge in [-0.1, -0.05) is 0 Å². The molecule has 13 heteroatoms. The number of carbonyl (C=O) groups excluding carboxylic acids is 3. The fraction of sp³-hybridized carbons (Fsp3) is 0.500. The van der Waals surface area contributed by atoms with Crippen LogP contribution in [0.5, 0.6) is 34.5 Å². The molecule has 1 saturated heterocycles. The fourth-order valence-electron chi connectivity index (χ4n) is 4.89. The quantitative estimate of drug-likeness (QED) is 0.356. The first kappa shape index (κ1) is 31.4. The lowest BCUT2D eigenvalue weighted by molar-refractivity contribution is 0.0183. The molecule has 2 aromatic rings. The number of hydrogen-bond acceptors (Lipinski definition) is 10. The molecule has 0 aliphatic carbocycles. The molecule has 236 valence electrons. The van der Waals surface area contributed by atoms with Crippen LogP contribution in [0.3, 0.4) is 0 Å². The maximum atomic E-state index is 13.9. The van der Waals surface area contributed by atoms with Crippen molar-refractivity contribution in [1.82, 2.24) is 14.7 Å². The van der Waals surface area contributed by atoms with E-state index in [1.54, 1.807) is 21.9 Å². The Morgan fingerprint density at radius 3 is 1.70 bits per heavy atom. The number of ether oxygens (including phenoxy) is 7. The summed E-state index contributed by atoms with van der Waals surface area (Å²) in [5, 5.41) is 0. The number of piperazine rings is 1. The van der Waals surface area contributed by atoms with Gasteiger partial charge in [-0.05, 0) is 38.1 Å². The first-order valence-corrected chi connectivity index (χ1v) is 13.7. The van der Waals surface area contributed by atoms with Gasteiger partial charge in [0.15, 0.2) is 23.0 Å². The lowest BCUT2D eigenvalue weighted by Gasteiger charge is -2.41. The molecule has 43 heavy (non-hydrogen) atoms. The van der Waals surface area contributed by atoms with Crippen LogP contribution in [0.2, 0.25) is 0 Å². The Hall–Kier alpha value is -4.55. The van der Waals surface area contributed by atoms with Crippen molar-refractivity contribution in [2.75, 3.05) is 82.0 Å². The Labute approximate surface area is 253 Å². The summed E-state index contributed by atoms with van der Waals surface area (Å²) in [6, 6.07) is 5.46. The molecule has 1 heterocycles. The largest absolute Gasteiger partial charge is 0.493 e. The van der Waals surface area contributed by atoms with E-state index in [0.717, 1.165) is 0 Å². The third-order valence-electron chi connectivity index (χ3n) is 7.22. The highest BCUT2D eigenvalue weighted by Gasteiger charge is 2.36. The zero-order valence-corrected chi connectivity index (χ0v) is 25.8. The SMILES string of the molecule is [3H]COc1c(OC)cc(C(=O)N2CCN(C(=O)c3cc(OC)c(OC)c(OC)c3)C(COC(=O)N(CC)CC)C2)cc1OC. The van der Waals surface area contributed by atoms with Gasteiger partial charge in [-0.2, -0.15) is 0 Å². The van der Waals surface area contributed by atoms with Gasteiger partial charge in [0, 0.05) is 43.9 Å². The van der Waals surface area contributed by atoms with Crippen molar-refractivity contribution in [3.05, 3.63) is 35.4 Å². The molecule has 0 saturated carbocycles. The van der Waals surface area contributed by atoms with E-state index in [0.29, 0.717) is 30.3 Å². The Balaban J connectivity index is 1.95. The molecule has 0 spiro atoms. The molecule has 2 aromatic carbocycles. The van der Waals surface area contributed by atoms with Crippen molar-refractivity contribution in [1.29, 1.82) is 0 Å². The zero-order valence-electron chi connectivity index (χ0n) is 26.8. The molecule has 1 unspecified atom stereocenters. The highest BCUT2D eigenvalue weighted by molar-refractivity contribution is 5.97. The molecule has 1 aliphatic rings. The Morgan fingerprint density at radius 1 is 0.767 bits per heavy atom. The summed E-state index contributed by atoms with van der Waals surface area (Å²) in [7, 11) is 6.87. The van der Waals surface area contributed by atoms with Crippen LogP contribution >= 0.6 is 0 Å². The van der Waals surface area contributed by atoms with Gasteiger partial charge in [-0.15, -0.1) is 0 Å². The van der Waals surface area contributed by atoms with E-state index in [1.807, 2.05) is 13.8 Å². The van der Waals surface area contributed by atoms with E-state index >= 15 is 0 Å². The third-order valence-corrected chi connectivity index (χ3v) is 7.22. The summed E-state index contributed by atoms with van der Waals surface area (Å²) in [4.78, 5) is 45.0. The lowest BCUT2D eigenvalue weighted by Crippen LogP contribution is -2.58. The van der Waals surface area contributed by atoms with Gasteiger partial charge in [0.25, 0.3) is 11.8 Å². The Bertz CT molecular complexity index is 1270. The van der Waals surface area contributed by atoms with Crippen molar-refractivity contribution in [2.24, 2.45) is 0 Å². The van der Waals surface area contributed by atoms with Crippen LogP contribution in [-0.4, -0.2) is 121 Å². The molecule has 1 atom stereocenters. The van der Waals surface area contributed by atoms with Crippen LogP contribution in [0, 0.1) is 0 Å². The van der Waals surface area contributed by atoms with Gasteiger partial charge in [0.05, 0.1) is 50.0 Å². The number of carbonyl (C=O) groups is 3. The lowest BCUT2D eigenvalue weighted by atomic mass is 10.1. The first-order valence-electron chi connectivity index (χ1n) is 14.4. The van der Waals surface area contributed by atoms with Crippen LogP contribution in [0.25, 0.3) is 0 Å². The minimum atomic E-state index is -0.673. The minimum absolute atomic E-state index is 0.0795. The summed E-state index contributed by atoms with van der Waals surface area (Å²) < 4.78 is 45.4. The van der Waals surface area contributed by atoms with Gasteiger partial charge in [-0.25, -0.2) is 4.79 Å². The second kappa shape index (κ2) is 15.1. The minimum Gasteiger partial charge on any atom is -0.493 e. The number of amides is 3. The molecule has 3 amide bonds. The van der Waals surface area contributed by atoms with Crippen molar-refractivity contribution in [3.8, 4) is 34.5 Å². The maximum absolute atomic E-state index is 13.9. The molecule has 0 radical (unpaired) electrons. The predicted molar refractivity (Wildman–Crippen MR) is 157 cm³/mol. The highest BCUT2D eigenvalue weighted by Crippen LogP contribution is 2.40. The van der Waals surface area contributed by atoms with Crippen LogP contribution < -0.4 is 28.4 Å². The molecule has 3 rings (SSSR count). The normalized spacial score (nSPS) is 14.8. The number of rotatable bonds is 12. The predicted octanol–water partition coefficient (Wildman–Crippen LogP) is 3.18. The number of hydrogen-bond donors (Lipinski definition) is 0. The van der Waals surface area contributed by atoms with Crippen molar-refractivity contribution in [3.63, 3.8) is 0 Å². The monoisotopic (exact) mass is 605 g/mol. The fourth-order valence-corrected chi connectivity index (χ4v) is 4.89. The average molecular weight is 606 g/mol. The number of benzene rings is 2. The summed E-state index contributed by atoms with van der Waals surface area (Å²) in [5.74, 6) is 0.949. The summed E-state index contributed by atoms with van der Waals surface area (Å²) in [6.07, 6.45) is -0.516. The van der Waals surface area contributed by atoms with Gasteiger partial charge < -0.3 is 47.9 Å². The molecule has 13 nitrogen and oxygen atoms in total. The summed E-state index contributed by atoms with van der Waals surface area (Å²) >= 11 is 0. The molecular weight excluding hydrogens is 562 g/mol. The first-order chi connectivity index (χ1) is 21.2. The van der Waals surface area contributed by atoms with Crippen molar-refractivity contribution in [2.45, 2.75) is 19.9 Å². The second-order valence-electron chi connectivity index (χ2n) is 9.42. The Kier molecular flexibility index (Phi) is 11.0. The van der Waals surface area contributed by atoms with Gasteiger partial charge >= 0.3 is 6.09 Å². The van der Waals surface area contributed by atoms with E-state index < -0.39 is 12.1 Å². The van der Waals surface area contributed by atoms with E-state index in [-0.39, 0.29) is 73.5 Å². The Morgan fingerprint density at radius 2 is 1.26 bits per heavy atom. The molecule has 0 aromatic heterocycles. The van der Waals surface area contributed by atoms with Crippen molar-refractivity contribution < 1.29 is 48.9 Å².